The highest BCUT2D eigenvalue weighted by Crippen LogP contribution is 2.15. The van der Waals surface area contributed by atoms with Gasteiger partial charge in [0.05, 0.1) is 18.8 Å². The van der Waals surface area contributed by atoms with Crippen molar-refractivity contribution in [3.63, 3.8) is 0 Å². The molecular formula is C45H85NO4. The third-order valence-electron chi connectivity index (χ3n) is 9.99. The van der Waals surface area contributed by atoms with Crippen LogP contribution in [0.5, 0.6) is 0 Å². The van der Waals surface area contributed by atoms with Crippen molar-refractivity contribution >= 4 is 5.91 Å². The summed E-state index contributed by atoms with van der Waals surface area (Å²) in [5.41, 5.74) is 0. The molecule has 0 fully saturated rings. The van der Waals surface area contributed by atoms with Crippen molar-refractivity contribution in [1.82, 2.24) is 5.32 Å². The first kappa shape index (κ1) is 48.6. The van der Waals surface area contributed by atoms with E-state index >= 15 is 0 Å². The Morgan fingerprint density at radius 2 is 0.860 bits per heavy atom. The highest BCUT2D eigenvalue weighted by molar-refractivity contribution is 5.76. The molecule has 0 aliphatic rings. The molecule has 5 heteroatoms. The van der Waals surface area contributed by atoms with Crippen LogP contribution in [-0.4, -0.2) is 46.1 Å². The third-order valence-corrected chi connectivity index (χ3v) is 9.99. The quantitative estimate of drug-likeness (QED) is 0.0291. The molecule has 3 atom stereocenters. The van der Waals surface area contributed by atoms with E-state index in [2.05, 4.69) is 55.6 Å². The fraction of sp³-hybridized carbons (Fsp3) is 0.844. The number of carbonyl (C=O) groups excluding carboxylic acids is 1. The van der Waals surface area contributed by atoms with Gasteiger partial charge in [0.1, 0.15) is 6.10 Å². The minimum atomic E-state index is -1.16. The van der Waals surface area contributed by atoms with Crippen molar-refractivity contribution < 1.29 is 20.1 Å². The van der Waals surface area contributed by atoms with Crippen LogP contribution < -0.4 is 5.32 Å². The van der Waals surface area contributed by atoms with E-state index in [0.29, 0.717) is 12.8 Å². The fourth-order valence-corrected chi connectivity index (χ4v) is 6.56. The minimum absolute atomic E-state index is 0.158. The van der Waals surface area contributed by atoms with Gasteiger partial charge in [0, 0.05) is 6.42 Å². The summed E-state index contributed by atoms with van der Waals surface area (Å²) in [5.74, 6) is -0.158. The maximum absolute atomic E-state index is 12.4. The summed E-state index contributed by atoms with van der Waals surface area (Å²) in [5, 5.41) is 33.5. The van der Waals surface area contributed by atoms with Crippen molar-refractivity contribution in [3.05, 3.63) is 36.5 Å². The second kappa shape index (κ2) is 40.3. The van der Waals surface area contributed by atoms with E-state index in [1.165, 1.54) is 154 Å². The molecule has 0 spiro atoms. The highest BCUT2D eigenvalue weighted by atomic mass is 16.3. The average molecular weight is 704 g/mol. The number of rotatable bonds is 39. The van der Waals surface area contributed by atoms with Crippen LogP contribution in [0.2, 0.25) is 0 Å². The largest absolute Gasteiger partial charge is 0.394 e. The van der Waals surface area contributed by atoms with Crippen LogP contribution in [0.3, 0.4) is 0 Å². The molecule has 294 valence electrons. The van der Waals surface area contributed by atoms with Gasteiger partial charge in [-0.1, -0.05) is 185 Å². The molecule has 0 rings (SSSR count). The standard InChI is InChI=1S/C45H85NO4/c1-3-5-7-9-11-13-15-17-19-21-22-24-26-28-30-32-34-36-38-40-44(49)46-42(41-47)45(50)43(48)39-37-35-33-31-29-27-25-23-20-18-16-14-12-10-8-6-4-2/h11,13,15,17,31,33,42-43,45,47-48,50H,3-10,12,14,16,18-30,32,34-41H2,1-2H3,(H,46,49)/b13-11-,17-15-,33-31+. The summed E-state index contributed by atoms with van der Waals surface area (Å²) in [7, 11) is 0. The third kappa shape index (κ3) is 35.0. The lowest BCUT2D eigenvalue weighted by Crippen LogP contribution is -2.50. The fourth-order valence-electron chi connectivity index (χ4n) is 6.56. The summed E-state index contributed by atoms with van der Waals surface area (Å²) >= 11 is 0. The first-order chi connectivity index (χ1) is 24.6. The molecule has 1 amide bonds. The summed E-state index contributed by atoms with van der Waals surface area (Å²) in [6.45, 7) is 4.14. The number of hydrogen-bond acceptors (Lipinski definition) is 4. The van der Waals surface area contributed by atoms with E-state index in [1.54, 1.807) is 0 Å². The molecule has 0 heterocycles. The predicted octanol–water partition coefficient (Wildman–Crippen LogP) is 12.4. The Morgan fingerprint density at radius 3 is 1.32 bits per heavy atom. The Labute approximate surface area is 311 Å². The van der Waals surface area contributed by atoms with Gasteiger partial charge >= 0.3 is 0 Å². The van der Waals surface area contributed by atoms with E-state index in [4.69, 9.17) is 0 Å². The Balaban J connectivity index is 3.68. The maximum Gasteiger partial charge on any atom is 0.220 e. The van der Waals surface area contributed by atoms with E-state index in [0.717, 1.165) is 38.5 Å². The molecule has 50 heavy (non-hydrogen) atoms. The lowest BCUT2D eigenvalue weighted by atomic mass is 10.0. The van der Waals surface area contributed by atoms with Crippen LogP contribution in [0.1, 0.15) is 219 Å². The van der Waals surface area contributed by atoms with Gasteiger partial charge < -0.3 is 20.6 Å². The van der Waals surface area contributed by atoms with Gasteiger partial charge in [-0.25, -0.2) is 0 Å². The van der Waals surface area contributed by atoms with Crippen molar-refractivity contribution in [2.45, 2.75) is 238 Å². The van der Waals surface area contributed by atoms with Crippen LogP contribution in [0.15, 0.2) is 36.5 Å². The van der Waals surface area contributed by atoms with Crippen LogP contribution in [0.4, 0.5) is 0 Å². The van der Waals surface area contributed by atoms with Crippen molar-refractivity contribution in [2.75, 3.05) is 6.61 Å². The molecule has 0 aromatic rings. The number of unbranched alkanes of at least 4 members (excludes halogenated alkanes) is 26. The van der Waals surface area contributed by atoms with Gasteiger partial charge in [0.15, 0.2) is 0 Å². The monoisotopic (exact) mass is 704 g/mol. The lowest BCUT2D eigenvalue weighted by molar-refractivity contribution is -0.124. The van der Waals surface area contributed by atoms with Gasteiger partial charge in [0.25, 0.3) is 0 Å². The Bertz CT molecular complexity index is 779. The molecule has 3 unspecified atom stereocenters. The normalized spacial score (nSPS) is 13.9. The summed E-state index contributed by atoms with van der Waals surface area (Å²) < 4.78 is 0. The number of allylic oxidation sites excluding steroid dienone is 6. The number of hydrogen-bond donors (Lipinski definition) is 4. The van der Waals surface area contributed by atoms with E-state index < -0.39 is 18.2 Å². The zero-order chi connectivity index (χ0) is 36.6. The van der Waals surface area contributed by atoms with Crippen LogP contribution >= 0.6 is 0 Å². The molecule has 0 saturated carbocycles. The first-order valence-corrected chi connectivity index (χ1v) is 21.8. The van der Waals surface area contributed by atoms with Gasteiger partial charge in [-0.05, 0) is 64.2 Å². The predicted molar refractivity (Wildman–Crippen MR) is 218 cm³/mol. The molecule has 0 aliphatic carbocycles. The van der Waals surface area contributed by atoms with Crippen molar-refractivity contribution in [2.24, 2.45) is 0 Å². The molecule has 0 aromatic carbocycles. The van der Waals surface area contributed by atoms with E-state index in [9.17, 15) is 20.1 Å². The highest BCUT2D eigenvalue weighted by Gasteiger charge is 2.26. The molecule has 4 N–H and O–H groups in total. The number of nitrogens with one attached hydrogen (secondary N) is 1. The molecule has 0 aromatic heterocycles. The molecule has 5 nitrogen and oxygen atoms in total. The molecular weight excluding hydrogens is 618 g/mol. The number of aliphatic hydroxyl groups excluding tert-OH is 3. The number of carbonyl (C=O) groups is 1. The smallest absolute Gasteiger partial charge is 0.220 e. The van der Waals surface area contributed by atoms with Crippen molar-refractivity contribution in [3.8, 4) is 0 Å². The second-order valence-corrected chi connectivity index (χ2v) is 14.9. The summed E-state index contributed by atoms with van der Waals surface area (Å²) in [4.78, 5) is 12.4. The van der Waals surface area contributed by atoms with Crippen LogP contribution in [-0.2, 0) is 4.79 Å². The second-order valence-electron chi connectivity index (χ2n) is 14.9. The molecule has 0 radical (unpaired) electrons. The zero-order valence-corrected chi connectivity index (χ0v) is 33.3. The molecule has 0 bridgehead atoms. The number of amides is 1. The van der Waals surface area contributed by atoms with E-state index in [-0.39, 0.29) is 12.5 Å². The Hall–Kier alpha value is -1.43. The lowest BCUT2D eigenvalue weighted by Gasteiger charge is -2.26. The van der Waals surface area contributed by atoms with Gasteiger partial charge in [-0.3, -0.25) is 4.79 Å². The van der Waals surface area contributed by atoms with Gasteiger partial charge in [0.2, 0.25) is 5.91 Å². The first-order valence-electron chi connectivity index (χ1n) is 21.8. The van der Waals surface area contributed by atoms with Crippen molar-refractivity contribution in [1.29, 1.82) is 0 Å². The number of aliphatic hydroxyl groups is 3. The minimum Gasteiger partial charge on any atom is -0.394 e. The average Bonchev–Trinajstić information content (AvgIpc) is 3.12. The molecule has 0 aliphatic heterocycles. The Kier molecular flexibility index (Phi) is 39.2. The van der Waals surface area contributed by atoms with Gasteiger partial charge in [-0.15, -0.1) is 0 Å². The SMILES string of the molecule is CCCCC/C=C\C=C/CCCCCCCCCCCCC(=O)NC(CO)C(O)C(O)CCC/C=C/CCCCCCCCCCCCCC. The zero-order valence-electron chi connectivity index (χ0n) is 33.3. The topological polar surface area (TPSA) is 89.8 Å². The van der Waals surface area contributed by atoms with Crippen LogP contribution in [0, 0.1) is 0 Å². The summed E-state index contributed by atoms with van der Waals surface area (Å²) in [6.07, 6.45) is 49.6. The maximum atomic E-state index is 12.4. The van der Waals surface area contributed by atoms with E-state index in [1.807, 2.05) is 0 Å². The Morgan fingerprint density at radius 1 is 0.500 bits per heavy atom. The van der Waals surface area contributed by atoms with Crippen LogP contribution in [0.25, 0.3) is 0 Å². The summed E-state index contributed by atoms with van der Waals surface area (Å²) in [6, 6.07) is -0.827. The molecule has 0 saturated heterocycles. The van der Waals surface area contributed by atoms with Gasteiger partial charge in [-0.2, -0.15) is 0 Å².